The number of rotatable bonds is 7. The Morgan fingerprint density at radius 2 is 2.00 bits per heavy atom. The van der Waals surface area contributed by atoms with Crippen LogP contribution in [0.2, 0.25) is 0 Å². The van der Waals surface area contributed by atoms with Crippen molar-refractivity contribution in [2.75, 3.05) is 25.6 Å². The monoisotopic (exact) mass is 453 g/mol. The molecular weight excluding hydrogens is 430 g/mol. The Hall–Kier alpha value is -3.03. The van der Waals surface area contributed by atoms with E-state index < -0.39 is 21.8 Å². The normalized spacial score (nSPS) is 17.7. The molecule has 3 rings (SSSR count). The lowest BCUT2D eigenvalue weighted by Gasteiger charge is -2.18. The van der Waals surface area contributed by atoms with Crippen molar-refractivity contribution in [3.05, 3.63) is 30.1 Å². The Labute approximate surface area is 179 Å². The molecule has 2 N–H and O–H groups in total. The van der Waals surface area contributed by atoms with E-state index in [0.29, 0.717) is 6.61 Å². The van der Waals surface area contributed by atoms with Gasteiger partial charge in [0.2, 0.25) is 5.95 Å². The first kappa shape index (κ1) is 22.7. The van der Waals surface area contributed by atoms with Crippen molar-refractivity contribution in [2.24, 2.45) is 0 Å². The van der Waals surface area contributed by atoms with E-state index >= 15 is 0 Å². The van der Waals surface area contributed by atoms with Gasteiger partial charge in [0.05, 0.1) is 13.7 Å². The quantitative estimate of drug-likeness (QED) is 0.626. The number of aryl methyl sites for hydroxylation is 1. The van der Waals surface area contributed by atoms with Gasteiger partial charge in [0, 0.05) is 0 Å². The number of ether oxygens (including phenoxy) is 4. The summed E-state index contributed by atoms with van der Waals surface area (Å²) in [6, 6.07) is 4.84. The molecule has 2 aromatic rings. The predicted molar refractivity (Wildman–Crippen MR) is 107 cm³/mol. The minimum atomic E-state index is -4.27. The van der Waals surface area contributed by atoms with Gasteiger partial charge in [-0.15, -0.1) is 0 Å². The van der Waals surface area contributed by atoms with Gasteiger partial charge in [-0.25, -0.2) is 17.9 Å². The molecule has 12 nitrogen and oxygen atoms in total. The van der Waals surface area contributed by atoms with E-state index in [-0.39, 0.29) is 41.1 Å². The number of carbonyl (C=O) groups is 1. The average molecular weight is 453 g/mol. The number of benzene rings is 1. The topological polar surface area (TPSA) is 151 Å². The number of nitrogens with one attached hydrogen (secondary N) is 2. The molecule has 1 unspecified atom stereocenters. The number of sulfonamides is 1. The molecule has 1 aromatic heterocycles. The molecule has 31 heavy (non-hydrogen) atoms. The summed E-state index contributed by atoms with van der Waals surface area (Å²) >= 11 is 0. The van der Waals surface area contributed by atoms with Crippen LogP contribution in [0.5, 0.6) is 11.8 Å². The van der Waals surface area contributed by atoms with Gasteiger partial charge < -0.3 is 18.9 Å². The molecule has 1 fully saturated rings. The fourth-order valence-corrected chi connectivity index (χ4v) is 3.78. The van der Waals surface area contributed by atoms with Gasteiger partial charge in [-0.05, 0) is 32.9 Å². The van der Waals surface area contributed by atoms with Crippen molar-refractivity contribution in [2.45, 2.75) is 37.6 Å². The molecule has 1 aliphatic heterocycles. The largest absolute Gasteiger partial charge is 0.489 e. The Kier molecular flexibility index (Phi) is 6.57. The first-order chi connectivity index (χ1) is 14.6. The SMILES string of the molecule is COc1nc(C)nc(NC(=O)NS(=O)(=O)c2ccccc2OCC2COC(C)(C)O2)n1. The summed E-state index contributed by atoms with van der Waals surface area (Å²) in [6.07, 6.45) is -0.357. The number of aromatic nitrogens is 3. The predicted octanol–water partition coefficient (Wildman–Crippen LogP) is 1.23. The van der Waals surface area contributed by atoms with Crippen LogP contribution in [-0.2, 0) is 19.5 Å². The number of urea groups is 1. The molecule has 168 valence electrons. The Balaban J connectivity index is 1.69. The minimum absolute atomic E-state index is 0.0225. The zero-order chi connectivity index (χ0) is 22.6. The van der Waals surface area contributed by atoms with Crippen molar-refractivity contribution in [1.82, 2.24) is 19.7 Å². The number of amides is 2. The van der Waals surface area contributed by atoms with Crippen LogP contribution in [-0.4, -0.2) is 61.6 Å². The van der Waals surface area contributed by atoms with E-state index in [4.69, 9.17) is 18.9 Å². The van der Waals surface area contributed by atoms with Gasteiger partial charge >= 0.3 is 12.0 Å². The third kappa shape index (κ3) is 5.99. The summed E-state index contributed by atoms with van der Waals surface area (Å²) in [5.74, 6) is -0.545. The van der Waals surface area contributed by atoms with Crippen LogP contribution in [0.25, 0.3) is 0 Å². The van der Waals surface area contributed by atoms with Crippen LogP contribution in [0.15, 0.2) is 29.2 Å². The Morgan fingerprint density at radius 3 is 2.68 bits per heavy atom. The molecule has 0 radical (unpaired) electrons. The lowest BCUT2D eigenvalue weighted by atomic mass is 10.3. The van der Waals surface area contributed by atoms with E-state index in [1.807, 2.05) is 4.72 Å². The molecule has 1 atom stereocenters. The highest BCUT2D eigenvalue weighted by atomic mass is 32.2. The molecule has 2 heterocycles. The Bertz CT molecular complexity index is 1060. The summed E-state index contributed by atoms with van der Waals surface area (Å²) in [5.41, 5.74) is 0. The van der Waals surface area contributed by atoms with Crippen molar-refractivity contribution in [3.63, 3.8) is 0 Å². The molecule has 0 saturated carbocycles. The zero-order valence-corrected chi connectivity index (χ0v) is 18.2. The molecule has 1 aliphatic rings. The van der Waals surface area contributed by atoms with Gasteiger partial charge in [-0.3, -0.25) is 5.32 Å². The minimum Gasteiger partial charge on any atom is -0.489 e. The maximum Gasteiger partial charge on any atom is 0.335 e. The molecule has 0 spiro atoms. The Morgan fingerprint density at radius 1 is 1.26 bits per heavy atom. The molecule has 1 aromatic carbocycles. The second kappa shape index (κ2) is 8.99. The standard InChI is InChI=1S/C18H23N5O7S/c1-11-19-15(22-17(20-11)27-4)21-16(24)23-31(25,26)14-8-6-5-7-13(14)28-9-12-10-29-18(2,3)30-12/h5-8,12H,9-10H2,1-4H3,(H2,19,20,21,22,23,24). The summed E-state index contributed by atoms with van der Waals surface area (Å²) in [5, 5.41) is 2.24. The lowest BCUT2D eigenvalue weighted by Crippen LogP contribution is -2.35. The molecule has 0 bridgehead atoms. The maximum absolute atomic E-state index is 12.8. The highest BCUT2D eigenvalue weighted by Crippen LogP contribution is 2.26. The highest BCUT2D eigenvalue weighted by molar-refractivity contribution is 7.90. The van der Waals surface area contributed by atoms with Crippen LogP contribution in [0, 0.1) is 6.92 Å². The molecule has 1 saturated heterocycles. The summed E-state index contributed by atoms with van der Waals surface area (Å²) in [4.78, 5) is 23.7. The lowest BCUT2D eigenvalue weighted by molar-refractivity contribution is -0.141. The van der Waals surface area contributed by atoms with Crippen LogP contribution in [0.3, 0.4) is 0 Å². The van der Waals surface area contributed by atoms with Crippen LogP contribution < -0.4 is 19.5 Å². The van der Waals surface area contributed by atoms with E-state index in [0.717, 1.165) is 0 Å². The van der Waals surface area contributed by atoms with E-state index in [1.54, 1.807) is 26.8 Å². The molecule has 0 aliphatic carbocycles. The van der Waals surface area contributed by atoms with E-state index in [2.05, 4.69) is 20.3 Å². The van der Waals surface area contributed by atoms with Gasteiger partial charge in [0.25, 0.3) is 10.0 Å². The summed E-state index contributed by atoms with van der Waals surface area (Å²) < 4.78 is 49.1. The highest BCUT2D eigenvalue weighted by Gasteiger charge is 2.33. The molecular formula is C18H23N5O7S. The van der Waals surface area contributed by atoms with Crippen LogP contribution in [0.1, 0.15) is 19.7 Å². The second-order valence-corrected chi connectivity index (χ2v) is 8.61. The third-order valence-corrected chi connectivity index (χ3v) is 5.36. The van der Waals surface area contributed by atoms with E-state index in [9.17, 15) is 13.2 Å². The number of anilines is 1. The van der Waals surface area contributed by atoms with Crippen molar-refractivity contribution >= 4 is 22.0 Å². The van der Waals surface area contributed by atoms with Gasteiger partial charge in [-0.1, -0.05) is 12.1 Å². The first-order valence-electron chi connectivity index (χ1n) is 9.22. The van der Waals surface area contributed by atoms with Crippen LogP contribution in [0.4, 0.5) is 10.7 Å². The number of para-hydroxylation sites is 1. The fourth-order valence-electron chi connectivity index (χ4n) is 2.73. The fraction of sp³-hybridized carbons (Fsp3) is 0.444. The number of carbonyl (C=O) groups excluding carboxylic acids is 1. The molecule has 13 heteroatoms. The number of methoxy groups -OCH3 is 1. The average Bonchev–Trinajstić information content (AvgIpc) is 3.04. The van der Waals surface area contributed by atoms with Crippen molar-refractivity contribution in [1.29, 1.82) is 0 Å². The van der Waals surface area contributed by atoms with Crippen molar-refractivity contribution in [3.8, 4) is 11.8 Å². The number of nitrogens with zero attached hydrogens (tertiary/aromatic N) is 3. The number of hydrogen-bond acceptors (Lipinski definition) is 10. The summed E-state index contributed by atoms with van der Waals surface area (Å²) in [6.45, 7) is 5.51. The van der Waals surface area contributed by atoms with Crippen molar-refractivity contribution < 1.29 is 32.2 Å². The second-order valence-electron chi connectivity index (χ2n) is 6.96. The van der Waals surface area contributed by atoms with Gasteiger partial charge in [-0.2, -0.15) is 15.0 Å². The third-order valence-electron chi connectivity index (χ3n) is 3.99. The zero-order valence-electron chi connectivity index (χ0n) is 17.4. The molecule has 2 amide bonds. The van der Waals surface area contributed by atoms with E-state index in [1.165, 1.54) is 25.3 Å². The maximum atomic E-state index is 12.8. The van der Waals surface area contributed by atoms with Crippen LogP contribution >= 0.6 is 0 Å². The number of hydrogen-bond donors (Lipinski definition) is 2. The van der Waals surface area contributed by atoms with Gasteiger partial charge in [0.15, 0.2) is 5.79 Å². The summed E-state index contributed by atoms with van der Waals surface area (Å²) in [7, 11) is -2.92. The van der Waals surface area contributed by atoms with Gasteiger partial charge in [0.1, 0.15) is 29.2 Å². The smallest absolute Gasteiger partial charge is 0.335 e. The first-order valence-corrected chi connectivity index (χ1v) is 10.7.